The van der Waals surface area contributed by atoms with Crippen LogP contribution in [-0.4, -0.2) is 31.4 Å². The summed E-state index contributed by atoms with van der Waals surface area (Å²) in [5.74, 6) is 0.108. The fourth-order valence-electron chi connectivity index (χ4n) is 3.79. The van der Waals surface area contributed by atoms with E-state index in [0.29, 0.717) is 23.1 Å². The minimum atomic E-state index is -0.325. The number of hydrogen-bond acceptors (Lipinski definition) is 5. The van der Waals surface area contributed by atoms with Crippen molar-refractivity contribution in [2.24, 2.45) is 10.7 Å². The molecule has 1 fully saturated rings. The first-order valence-electron chi connectivity index (χ1n) is 10.9. The van der Waals surface area contributed by atoms with Gasteiger partial charge in [0.1, 0.15) is 5.82 Å². The van der Waals surface area contributed by atoms with Crippen molar-refractivity contribution in [3.8, 4) is 0 Å². The second kappa shape index (κ2) is 9.96. The number of anilines is 2. The van der Waals surface area contributed by atoms with Gasteiger partial charge in [0.25, 0.3) is 0 Å². The highest BCUT2D eigenvalue weighted by atomic mass is 19.1. The summed E-state index contributed by atoms with van der Waals surface area (Å²) in [5, 5.41) is 5.54. The zero-order valence-electron chi connectivity index (χ0n) is 19.2. The third kappa shape index (κ3) is 5.44. The number of halogens is 1. The Morgan fingerprint density at radius 1 is 1.29 bits per heavy atom. The number of rotatable bonds is 9. The topological polar surface area (TPSA) is 65.7 Å². The lowest BCUT2D eigenvalue weighted by Gasteiger charge is -2.26. The maximum Gasteiger partial charge on any atom is 0.133 e. The van der Waals surface area contributed by atoms with E-state index in [1.54, 1.807) is 19.3 Å². The average Bonchev–Trinajstić information content (AvgIpc) is 3.58. The molecule has 1 aliphatic rings. The van der Waals surface area contributed by atoms with Crippen LogP contribution in [0.2, 0.25) is 0 Å². The van der Waals surface area contributed by atoms with Crippen LogP contribution in [0.4, 0.5) is 15.8 Å². The van der Waals surface area contributed by atoms with E-state index in [4.69, 9.17) is 5.73 Å². The molecule has 1 aliphatic carbocycles. The molecule has 31 heavy (non-hydrogen) atoms. The third-order valence-corrected chi connectivity index (χ3v) is 5.73. The van der Waals surface area contributed by atoms with E-state index in [-0.39, 0.29) is 5.82 Å². The fourth-order valence-corrected chi connectivity index (χ4v) is 3.79. The molecule has 1 saturated carbocycles. The molecule has 2 aromatic carbocycles. The monoisotopic (exact) mass is 423 g/mol. The highest BCUT2D eigenvalue weighted by molar-refractivity contribution is 6.09. The summed E-state index contributed by atoms with van der Waals surface area (Å²) in [7, 11) is 3.61. The lowest BCUT2D eigenvalue weighted by molar-refractivity contribution is 0.310. The molecule has 0 heterocycles. The molecule has 0 bridgehead atoms. The molecule has 0 radical (unpaired) electrons. The zero-order valence-corrected chi connectivity index (χ0v) is 19.2. The number of nitrogens with two attached hydrogens (primary N) is 1. The second-order valence-electron chi connectivity index (χ2n) is 8.45. The molecule has 2 aromatic rings. The van der Waals surface area contributed by atoms with Gasteiger partial charge in [-0.3, -0.25) is 4.99 Å². The quantitative estimate of drug-likeness (QED) is 0.379. The van der Waals surface area contributed by atoms with Gasteiger partial charge in [0.15, 0.2) is 0 Å². The lowest BCUT2D eigenvalue weighted by atomic mass is 9.95. The highest BCUT2D eigenvalue weighted by Gasteiger charge is 2.30. The number of hydrogen-bond donors (Lipinski definition) is 3. The minimum Gasteiger partial charge on any atom is -0.404 e. The van der Waals surface area contributed by atoms with Crippen LogP contribution < -0.4 is 16.5 Å². The molecular formula is C25H34FN5. The Bertz CT molecular complexity index is 976. The Morgan fingerprint density at radius 3 is 2.58 bits per heavy atom. The number of aryl methyl sites for hydroxylation is 1. The van der Waals surface area contributed by atoms with Gasteiger partial charge in [-0.2, -0.15) is 0 Å². The van der Waals surface area contributed by atoms with E-state index in [1.165, 1.54) is 34.6 Å². The Balaban J connectivity index is 1.83. The van der Waals surface area contributed by atoms with Gasteiger partial charge in [-0.1, -0.05) is 19.9 Å². The molecule has 0 amide bonds. The van der Waals surface area contributed by atoms with Crippen molar-refractivity contribution < 1.29 is 4.39 Å². The van der Waals surface area contributed by atoms with E-state index in [0.717, 1.165) is 25.1 Å². The molecule has 6 heteroatoms. The van der Waals surface area contributed by atoms with Gasteiger partial charge < -0.3 is 16.5 Å². The largest absolute Gasteiger partial charge is 0.404 e. The summed E-state index contributed by atoms with van der Waals surface area (Å²) in [6.45, 7) is 7.34. The Hall–Kier alpha value is -2.86. The molecule has 0 unspecified atom stereocenters. The van der Waals surface area contributed by atoms with Crippen LogP contribution in [-0.2, 0) is 6.54 Å². The summed E-state index contributed by atoms with van der Waals surface area (Å²) < 4.78 is 14.8. The average molecular weight is 424 g/mol. The number of nitrogens with one attached hydrogen (secondary N) is 2. The van der Waals surface area contributed by atoms with Crippen LogP contribution in [0.5, 0.6) is 0 Å². The van der Waals surface area contributed by atoms with E-state index < -0.39 is 0 Å². The van der Waals surface area contributed by atoms with Crippen LogP contribution in [0.3, 0.4) is 0 Å². The predicted octanol–water partition coefficient (Wildman–Crippen LogP) is 5.29. The standard InChI is InChI=1S/C25H34FN5/c1-16(2)23-11-18(17(3)10-25(23)29-5)15-31(21-7-8-21)30-20-6-9-22(24(26)12-20)19(13-27)14-28-4/h6,9-14,16,21,29-30H,7-8,15,27H2,1-5H3/b19-13+,28-14?. The van der Waals surface area contributed by atoms with Gasteiger partial charge in [0.2, 0.25) is 0 Å². The van der Waals surface area contributed by atoms with E-state index in [2.05, 4.69) is 53.6 Å². The molecule has 0 spiro atoms. The first-order valence-corrected chi connectivity index (χ1v) is 10.9. The summed E-state index contributed by atoms with van der Waals surface area (Å²) in [4.78, 5) is 3.95. The van der Waals surface area contributed by atoms with Gasteiger partial charge >= 0.3 is 0 Å². The summed E-state index contributed by atoms with van der Waals surface area (Å²) in [6, 6.07) is 10.1. The molecule has 3 rings (SSSR count). The van der Waals surface area contributed by atoms with Crippen molar-refractivity contribution in [3.63, 3.8) is 0 Å². The van der Waals surface area contributed by atoms with Crippen LogP contribution in [0, 0.1) is 12.7 Å². The number of allylic oxidation sites excluding steroid dienone is 1. The molecule has 0 aromatic heterocycles. The van der Waals surface area contributed by atoms with E-state index >= 15 is 0 Å². The lowest BCUT2D eigenvalue weighted by Crippen LogP contribution is -2.32. The number of nitrogens with zero attached hydrogens (tertiary/aromatic N) is 2. The fraction of sp³-hybridized carbons (Fsp3) is 0.400. The van der Waals surface area contributed by atoms with E-state index in [1.807, 2.05) is 13.1 Å². The van der Waals surface area contributed by atoms with Crippen LogP contribution in [0.25, 0.3) is 5.57 Å². The molecule has 5 nitrogen and oxygen atoms in total. The summed E-state index contributed by atoms with van der Waals surface area (Å²) in [5.41, 5.74) is 15.8. The van der Waals surface area contributed by atoms with Crippen molar-refractivity contribution >= 4 is 23.2 Å². The van der Waals surface area contributed by atoms with Gasteiger partial charge in [-0.25, -0.2) is 9.40 Å². The Labute approximate surface area is 185 Å². The Morgan fingerprint density at radius 2 is 2.03 bits per heavy atom. The number of benzene rings is 2. The van der Waals surface area contributed by atoms with Gasteiger partial charge in [0.05, 0.1) is 5.69 Å². The van der Waals surface area contributed by atoms with Gasteiger partial charge in [-0.05, 0) is 66.6 Å². The molecule has 0 saturated heterocycles. The van der Waals surface area contributed by atoms with Crippen LogP contribution in [0.15, 0.2) is 41.5 Å². The first-order chi connectivity index (χ1) is 14.9. The highest BCUT2D eigenvalue weighted by Crippen LogP contribution is 2.33. The molecule has 0 aliphatic heterocycles. The SMILES string of the molecule is CN=C/C(=C\N)c1ccc(NN(Cc2cc(C(C)C)c(NC)cc2C)C2CC2)cc1F. The summed E-state index contributed by atoms with van der Waals surface area (Å²) in [6.07, 6.45) is 5.22. The van der Waals surface area contributed by atoms with Crippen LogP contribution >= 0.6 is 0 Å². The maximum atomic E-state index is 14.8. The molecule has 4 N–H and O–H groups in total. The van der Waals surface area contributed by atoms with Crippen molar-refractivity contribution in [2.45, 2.75) is 52.1 Å². The number of aliphatic imine (C=N–C) groups is 1. The van der Waals surface area contributed by atoms with E-state index in [9.17, 15) is 4.39 Å². The normalized spacial score (nSPS) is 14.6. The molecule has 0 atom stereocenters. The van der Waals surface area contributed by atoms with Crippen molar-refractivity contribution in [3.05, 3.63) is 64.6 Å². The van der Waals surface area contributed by atoms with Gasteiger partial charge in [0, 0.05) is 55.9 Å². The second-order valence-corrected chi connectivity index (χ2v) is 8.45. The van der Waals surface area contributed by atoms with Crippen molar-refractivity contribution in [1.82, 2.24) is 5.01 Å². The minimum absolute atomic E-state index is 0.325. The smallest absolute Gasteiger partial charge is 0.133 e. The maximum absolute atomic E-state index is 14.8. The predicted molar refractivity (Wildman–Crippen MR) is 130 cm³/mol. The molecule has 166 valence electrons. The first kappa shape index (κ1) is 22.8. The summed E-state index contributed by atoms with van der Waals surface area (Å²) >= 11 is 0. The number of hydrazine groups is 1. The Kier molecular flexibility index (Phi) is 7.33. The zero-order chi connectivity index (χ0) is 22.5. The molecular weight excluding hydrogens is 389 g/mol. The third-order valence-electron chi connectivity index (χ3n) is 5.73. The van der Waals surface area contributed by atoms with Gasteiger partial charge in [-0.15, -0.1) is 0 Å². The van der Waals surface area contributed by atoms with Crippen LogP contribution in [0.1, 0.15) is 54.9 Å². The van der Waals surface area contributed by atoms with Crippen molar-refractivity contribution in [1.29, 1.82) is 0 Å². The van der Waals surface area contributed by atoms with Crippen molar-refractivity contribution in [2.75, 3.05) is 24.8 Å².